The van der Waals surface area contributed by atoms with E-state index < -0.39 is 0 Å². The molecule has 0 radical (unpaired) electrons. The fourth-order valence-electron chi connectivity index (χ4n) is 2.95. The molecule has 3 nitrogen and oxygen atoms in total. The summed E-state index contributed by atoms with van der Waals surface area (Å²) in [5, 5.41) is 1.26. The van der Waals surface area contributed by atoms with Crippen LogP contribution >= 0.6 is 0 Å². The second-order valence-corrected chi connectivity index (χ2v) is 5.32. The predicted molar refractivity (Wildman–Crippen MR) is 74.2 cm³/mol. The van der Waals surface area contributed by atoms with Crippen LogP contribution in [0.15, 0.2) is 30.5 Å². The van der Waals surface area contributed by atoms with Crippen molar-refractivity contribution in [3.63, 3.8) is 0 Å². The smallest absolute Gasteiger partial charge is 0.119 e. The third kappa shape index (κ3) is 1.70. The first-order chi connectivity index (χ1) is 8.70. The van der Waals surface area contributed by atoms with E-state index >= 15 is 0 Å². The molecule has 2 atom stereocenters. The van der Waals surface area contributed by atoms with E-state index in [1.807, 2.05) is 6.07 Å². The summed E-state index contributed by atoms with van der Waals surface area (Å²) in [5.41, 5.74) is 1.31. The molecule has 0 N–H and O–H groups in total. The van der Waals surface area contributed by atoms with E-state index in [-0.39, 0.29) is 0 Å². The Morgan fingerprint density at radius 1 is 1.22 bits per heavy atom. The second kappa shape index (κ2) is 4.32. The van der Waals surface area contributed by atoms with Gasteiger partial charge in [0.1, 0.15) is 5.75 Å². The SMILES string of the molecule is COc1ccc2c(ccn2C2CC[C@H]2N(C)C)c1. The Hall–Kier alpha value is -1.48. The van der Waals surface area contributed by atoms with E-state index in [1.54, 1.807) is 7.11 Å². The zero-order valence-corrected chi connectivity index (χ0v) is 11.3. The van der Waals surface area contributed by atoms with Gasteiger partial charge in [0.25, 0.3) is 0 Å². The van der Waals surface area contributed by atoms with Gasteiger partial charge in [0, 0.05) is 29.2 Å². The van der Waals surface area contributed by atoms with Crippen molar-refractivity contribution in [1.29, 1.82) is 0 Å². The summed E-state index contributed by atoms with van der Waals surface area (Å²) in [6.07, 6.45) is 4.79. The van der Waals surface area contributed by atoms with Crippen molar-refractivity contribution >= 4 is 10.9 Å². The monoisotopic (exact) mass is 244 g/mol. The highest BCUT2D eigenvalue weighted by molar-refractivity contribution is 5.81. The zero-order chi connectivity index (χ0) is 12.7. The van der Waals surface area contributed by atoms with Crippen molar-refractivity contribution in [3.05, 3.63) is 30.5 Å². The number of nitrogens with zero attached hydrogens (tertiary/aromatic N) is 2. The first kappa shape index (κ1) is 11.6. The molecule has 1 aromatic carbocycles. The third-order valence-electron chi connectivity index (χ3n) is 4.15. The maximum absolute atomic E-state index is 5.27. The molecule has 1 fully saturated rings. The van der Waals surface area contributed by atoms with Gasteiger partial charge in [-0.15, -0.1) is 0 Å². The molecular formula is C15H20N2O. The molecule has 1 aromatic heterocycles. The maximum atomic E-state index is 5.27. The highest BCUT2D eigenvalue weighted by atomic mass is 16.5. The van der Waals surface area contributed by atoms with E-state index in [2.05, 4.69) is 48.0 Å². The van der Waals surface area contributed by atoms with Crippen LogP contribution in [-0.4, -0.2) is 36.7 Å². The van der Waals surface area contributed by atoms with Crippen LogP contribution in [0.5, 0.6) is 5.75 Å². The number of aromatic nitrogens is 1. The molecule has 0 saturated heterocycles. The van der Waals surface area contributed by atoms with Gasteiger partial charge in [0.15, 0.2) is 0 Å². The van der Waals surface area contributed by atoms with Gasteiger partial charge in [-0.1, -0.05) is 0 Å². The molecule has 0 spiro atoms. The zero-order valence-electron chi connectivity index (χ0n) is 11.3. The average Bonchev–Trinajstić information content (AvgIpc) is 2.70. The average molecular weight is 244 g/mol. The number of ether oxygens (including phenoxy) is 1. The molecule has 0 aliphatic heterocycles. The quantitative estimate of drug-likeness (QED) is 0.826. The molecule has 18 heavy (non-hydrogen) atoms. The number of rotatable bonds is 3. The number of benzene rings is 1. The summed E-state index contributed by atoms with van der Waals surface area (Å²) >= 11 is 0. The van der Waals surface area contributed by atoms with E-state index in [0.717, 1.165) is 5.75 Å². The van der Waals surface area contributed by atoms with Gasteiger partial charge in [-0.25, -0.2) is 0 Å². The van der Waals surface area contributed by atoms with Crippen LogP contribution in [0.1, 0.15) is 18.9 Å². The van der Waals surface area contributed by atoms with E-state index in [9.17, 15) is 0 Å². The summed E-state index contributed by atoms with van der Waals surface area (Å²) in [4.78, 5) is 2.34. The molecule has 1 aliphatic rings. The third-order valence-corrected chi connectivity index (χ3v) is 4.15. The minimum absolute atomic E-state index is 0.617. The van der Waals surface area contributed by atoms with Crippen molar-refractivity contribution in [1.82, 2.24) is 9.47 Å². The number of hydrogen-bond donors (Lipinski definition) is 0. The molecule has 3 rings (SSSR count). The molecule has 96 valence electrons. The fourth-order valence-corrected chi connectivity index (χ4v) is 2.95. The maximum Gasteiger partial charge on any atom is 0.119 e. The van der Waals surface area contributed by atoms with Crippen LogP contribution in [0.2, 0.25) is 0 Å². The Kier molecular flexibility index (Phi) is 2.78. The molecule has 0 amide bonds. The minimum Gasteiger partial charge on any atom is -0.497 e. The van der Waals surface area contributed by atoms with E-state index in [0.29, 0.717) is 12.1 Å². The summed E-state index contributed by atoms with van der Waals surface area (Å²) in [6.45, 7) is 0. The Bertz CT molecular complexity index is 559. The van der Waals surface area contributed by atoms with Gasteiger partial charge < -0.3 is 14.2 Å². The van der Waals surface area contributed by atoms with Gasteiger partial charge in [-0.05, 0) is 51.2 Å². The lowest BCUT2D eigenvalue weighted by Gasteiger charge is -2.42. The van der Waals surface area contributed by atoms with Gasteiger partial charge in [-0.2, -0.15) is 0 Å². The van der Waals surface area contributed by atoms with Gasteiger partial charge in [0.2, 0.25) is 0 Å². The minimum atomic E-state index is 0.617. The van der Waals surface area contributed by atoms with Gasteiger partial charge in [0.05, 0.1) is 7.11 Å². The van der Waals surface area contributed by atoms with Crippen molar-refractivity contribution < 1.29 is 4.74 Å². The van der Waals surface area contributed by atoms with Crippen molar-refractivity contribution in [2.24, 2.45) is 0 Å². The van der Waals surface area contributed by atoms with Crippen LogP contribution in [0.25, 0.3) is 10.9 Å². The van der Waals surface area contributed by atoms with Gasteiger partial charge >= 0.3 is 0 Å². The number of likely N-dealkylation sites (N-methyl/N-ethyl adjacent to an activating group) is 1. The highest BCUT2D eigenvalue weighted by Crippen LogP contribution is 2.38. The molecule has 2 aromatic rings. The standard InChI is InChI=1S/C15H20N2O/c1-16(2)14-6-7-15(14)17-9-8-11-10-12(18-3)4-5-13(11)17/h4-5,8-10,14-15H,6-7H2,1-3H3/t14-,15?/m1/s1. The first-order valence-corrected chi connectivity index (χ1v) is 6.51. The Morgan fingerprint density at radius 2 is 2.06 bits per heavy atom. The van der Waals surface area contributed by atoms with Crippen molar-refractivity contribution in [2.75, 3.05) is 21.2 Å². The lowest BCUT2D eigenvalue weighted by atomic mass is 9.85. The Balaban J connectivity index is 1.98. The highest BCUT2D eigenvalue weighted by Gasteiger charge is 2.34. The Morgan fingerprint density at radius 3 is 2.67 bits per heavy atom. The summed E-state index contributed by atoms with van der Waals surface area (Å²) in [6, 6.07) is 9.79. The lowest BCUT2D eigenvalue weighted by Crippen LogP contribution is -2.43. The molecular weight excluding hydrogens is 224 g/mol. The number of fused-ring (bicyclic) bond motifs is 1. The second-order valence-electron chi connectivity index (χ2n) is 5.32. The molecule has 1 aliphatic carbocycles. The fraction of sp³-hybridized carbons (Fsp3) is 0.467. The first-order valence-electron chi connectivity index (χ1n) is 6.51. The summed E-state index contributed by atoms with van der Waals surface area (Å²) in [7, 11) is 6.06. The largest absolute Gasteiger partial charge is 0.497 e. The molecule has 3 heteroatoms. The van der Waals surface area contributed by atoms with Crippen LogP contribution in [0.3, 0.4) is 0 Å². The number of hydrogen-bond acceptors (Lipinski definition) is 2. The normalized spacial score (nSPS) is 23.3. The van der Waals surface area contributed by atoms with E-state index in [4.69, 9.17) is 4.74 Å². The van der Waals surface area contributed by atoms with Crippen LogP contribution in [-0.2, 0) is 0 Å². The molecule has 1 saturated carbocycles. The van der Waals surface area contributed by atoms with E-state index in [1.165, 1.54) is 23.7 Å². The number of methoxy groups -OCH3 is 1. The summed E-state index contributed by atoms with van der Waals surface area (Å²) < 4.78 is 7.69. The van der Waals surface area contributed by atoms with Gasteiger partial charge in [-0.3, -0.25) is 0 Å². The lowest BCUT2D eigenvalue weighted by molar-refractivity contribution is 0.116. The molecule has 1 heterocycles. The summed E-state index contributed by atoms with van der Waals surface area (Å²) in [5.74, 6) is 0.929. The van der Waals surface area contributed by atoms with Crippen molar-refractivity contribution in [3.8, 4) is 5.75 Å². The van der Waals surface area contributed by atoms with Crippen LogP contribution in [0.4, 0.5) is 0 Å². The topological polar surface area (TPSA) is 17.4 Å². The van der Waals surface area contributed by atoms with Crippen LogP contribution < -0.4 is 4.74 Å². The molecule has 1 unspecified atom stereocenters. The predicted octanol–water partition coefficient (Wildman–Crippen LogP) is 2.92. The molecule has 0 bridgehead atoms. The van der Waals surface area contributed by atoms with Crippen molar-refractivity contribution in [2.45, 2.75) is 24.9 Å². The Labute approximate surface area is 108 Å². The van der Waals surface area contributed by atoms with Crippen LogP contribution in [0, 0.1) is 0 Å².